The number of H-pyrrole nitrogens is 1. The van der Waals surface area contributed by atoms with Crippen molar-refractivity contribution < 1.29 is 13.9 Å². The van der Waals surface area contributed by atoms with Crippen molar-refractivity contribution in [1.29, 1.82) is 0 Å². The predicted octanol–water partition coefficient (Wildman–Crippen LogP) is 4.71. The van der Waals surface area contributed by atoms with E-state index in [1.165, 1.54) is 25.5 Å². The van der Waals surface area contributed by atoms with Crippen molar-refractivity contribution in [2.24, 2.45) is 5.10 Å². The van der Waals surface area contributed by atoms with Gasteiger partial charge in [0.05, 0.1) is 24.2 Å². The molecule has 0 radical (unpaired) electrons. The molecule has 0 aliphatic carbocycles. The van der Waals surface area contributed by atoms with Gasteiger partial charge in [-0.2, -0.15) is 5.10 Å². The number of aromatic nitrogens is 2. The van der Waals surface area contributed by atoms with Gasteiger partial charge in [-0.15, -0.1) is 4.68 Å². The van der Waals surface area contributed by atoms with Gasteiger partial charge in [0.15, 0.2) is 11.5 Å². The number of benzene rings is 3. The quantitative estimate of drug-likeness (QED) is 0.364. The Labute approximate surface area is 200 Å². The van der Waals surface area contributed by atoms with E-state index in [0.29, 0.717) is 32.3 Å². The molecular formula is C23H16BrClFN3O4. The van der Waals surface area contributed by atoms with Crippen molar-refractivity contribution in [3.05, 3.63) is 102 Å². The lowest BCUT2D eigenvalue weighted by molar-refractivity contribution is 0.284. The molecule has 3 aromatic carbocycles. The highest BCUT2D eigenvalue weighted by Gasteiger charge is 2.17. The summed E-state index contributed by atoms with van der Waals surface area (Å²) in [5.41, 5.74) is 0.234. The van der Waals surface area contributed by atoms with Crippen LogP contribution < -0.4 is 20.7 Å². The average Bonchev–Trinajstić information content (AvgIpc) is 2.80. The molecule has 0 amide bonds. The molecule has 7 nitrogen and oxygen atoms in total. The maximum absolute atomic E-state index is 13.4. The average molecular weight is 533 g/mol. The van der Waals surface area contributed by atoms with E-state index in [1.807, 2.05) is 0 Å². The molecule has 1 aromatic heterocycles. The number of methoxy groups -OCH3 is 1. The Morgan fingerprint density at radius 3 is 2.73 bits per heavy atom. The number of rotatable bonds is 6. The highest BCUT2D eigenvalue weighted by Crippen LogP contribution is 2.42. The Morgan fingerprint density at radius 2 is 1.97 bits per heavy atom. The van der Waals surface area contributed by atoms with E-state index >= 15 is 0 Å². The summed E-state index contributed by atoms with van der Waals surface area (Å²) in [7, 11) is 1.44. The minimum atomic E-state index is -0.681. The van der Waals surface area contributed by atoms with E-state index in [-0.39, 0.29) is 23.2 Å². The van der Waals surface area contributed by atoms with Crippen LogP contribution in [0.15, 0.2) is 73.8 Å². The smallest absolute Gasteiger partial charge is 0.349 e. The van der Waals surface area contributed by atoms with Crippen molar-refractivity contribution in [3.63, 3.8) is 0 Å². The number of nitrogens with zero attached hydrogens (tertiary/aromatic N) is 2. The largest absolute Gasteiger partial charge is 0.493 e. The highest BCUT2D eigenvalue weighted by molar-refractivity contribution is 9.10. The fourth-order valence-corrected chi connectivity index (χ4v) is 3.80. The van der Waals surface area contributed by atoms with Gasteiger partial charge in [-0.25, -0.2) is 9.18 Å². The van der Waals surface area contributed by atoms with Crippen molar-refractivity contribution >= 4 is 44.6 Å². The van der Waals surface area contributed by atoms with Gasteiger partial charge in [-0.05, 0) is 51.8 Å². The molecular weight excluding hydrogens is 517 g/mol. The first-order valence-electron chi connectivity index (χ1n) is 9.60. The third kappa shape index (κ3) is 4.69. The summed E-state index contributed by atoms with van der Waals surface area (Å²) in [4.78, 5) is 27.6. The van der Waals surface area contributed by atoms with Crippen LogP contribution in [0.1, 0.15) is 11.1 Å². The van der Waals surface area contributed by atoms with Crippen molar-refractivity contribution in [1.82, 2.24) is 9.66 Å². The van der Waals surface area contributed by atoms with Gasteiger partial charge in [0, 0.05) is 10.0 Å². The van der Waals surface area contributed by atoms with Gasteiger partial charge in [0.2, 0.25) is 0 Å². The van der Waals surface area contributed by atoms with E-state index in [9.17, 15) is 14.0 Å². The Balaban J connectivity index is 1.69. The molecule has 4 aromatic rings. The summed E-state index contributed by atoms with van der Waals surface area (Å²) in [5.74, 6) is 0.162. The van der Waals surface area contributed by atoms with E-state index < -0.39 is 11.2 Å². The molecule has 1 heterocycles. The fourth-order valence-electron chi connectivity index (χ4n) is 3.14. The molecule has 0 spiro atoms. The lowest BCUT2D eigenvalue weighted by Gasteiger charge is -2.15. The standard InChI is InChI=1S/C23H16BrClFN3O4/c1-32-18-10-14(11-27-29-22(30)16-7-2-3-8-17(16)28-23(29)31)19(24)20(25)21(18)33-12-13-5-4-6-15(26)9-13/h2-11H,12H2,1H3,(H,28,31). The zero-order chi connectivity index (χ0) is 23.5. The maximum Gasteiger partial charge on any atom is 0.349 e. The second-order valence-electron chi connectivity index (χ2n) is 6.88. The zero-order valence-electron chi connectivity index (χ0n) is 17.1. The molecule has 0 fully saturated rings. The van der Waals surface area contributed by atoms with Gasteiger partial charge < -0.3 is 14.5 Å². The molecule has 0 saturated carbocycles. The first-order chi connectivity index (χ1) is 15.9. The second-order valence-corrected chi connectivity index (χ2v) is 8.05. The summed E-state index contributed by atoms with van der Waals surface area (Å²) >= 11 is 9.87. The lowest BCUT2D eigenvalue weighted by atomic mass is 10.2. The Kier molecular flexibility index (Phi) is 6.62. The Morgan fingerprint density at radius 1 is 1.18 bits per heavy atom. The first-order valence-corrected chi connectivity index (χ1v) is 10.8. The van der Waals surface area contributed by atoms with Crippen LogP contribution in [0.4, 0.5) is 4.39 Å². The van der Waals surface area contributed by atoms with Crippen LogP contribution in [-0.2, 0) is 6.61 Å². The molecule has 0 saturated heterocycles. The number of halogens is 3. The first kappa shape index (κ1) is 22.8. The number of nitrogens with one attached hydrogen (secondary N) is 1. The van der Waals surface area contributed by atoms with Crippen molar-refractivity contribution in [3.8, 4) is 11.5 Å². The van der Waals surface area contributed by atoms with Gasteiger partial charge in [-0.3, -0.25) is 4.79 Å². The van der Waals surface area contributed by atoms with Crippen LogP contribution in [0.5, 0.6) is 11.5 Å². The van der Waals surface area contributed by atoms with Crippen molar-refractivity contribution in [2.75, 3.05) is 7.11 Å². The molecule has 0 aliphatic heterocycles. The molecule has 0 aliphatic rings. The van der Waals surface area contributed by atoms with E-state index in [4.69, 9.17) is 21.1 Å². The molecule has 0 unspecified atom stereocenters. The SMILES string of the molecule is COc1cc(C=Nn2c(=O)[nH]c3ccccc3c2=O)c(Br)c(Cl)c1OCc1cccc(F)c1. The van der Waals surface area contributed by atoms with Gasteiger partial charge in [0.1, 0.15) is 17.4 Å². The van der Waals surface area contributed by atoms with E-state index in [1.54, 1.807) is 42.5 Å². The van der Waals surface area contributed by atoms with Crippen LogP contribution in [-0.4, -0.2) is 23.0 Å². The topological polar surface area (TPSA) is 85.7 Å². The van der Waals surface area contributed by atoms with E-state index in [2.05, 4.69) is 26.0 Å². The number of hydrogen-bond donors (Lipinski definition) is 1. The zero-order valence-corrected chi connectivity index (χ0v) is 19.5. The lowest BCUT2D eigenvalue weighted by Crippen LogP contribution is -2.32. The summed E-state index contributed by atoms with van der Waals surface area (Å²) in [6.07, 6.45) is 1.31. The maximum atomic E-state index is 13.4. The van der Waals surface area contributed by atoms with Crippen LogP contribution >= 0.6 is 27.5 Å². The van der Waals surface area contributed by atoms with Gasteiger partial charge in [0.25, 0.3) is 5.56 Å². The highest BCUT2D eigenvalue weighted by atomic mass is 79.9. The monoisotopic (exact) mass is 531 g/mol. The van der Waals surface area contributed by atoms with Gasteiger partial charge >= 0.3 is 5.69 Å². The van der Waals surface area contributed by atoms with Crippen molar-refractivity contribution in [2.45, 2.75) is 6.61 Å². The summed E-state index contributed by atoms with van der Waals surface area (Å²) in [6, 6.07) is 14.2. The third-order valence-electron chi connectivity index (χ3n) is 4.74. The minimum absolute atomic E-state index is 0.0651. The van der Waals surface area contributed by atoms with Crippen LogP contribution in [0.3, 0.4) is 0 Å². The molecule has 33 heavy (non-hydrogen) atoms. The number of para-hydroxylation sites is 1. The molecule has 4 rings (SSSR count). The number of fused-ring (bicyclic) bond motifs is 1. The Bertz CT molecular complexity index is 1500. The molecule has 168 valence electrons. The summed E-state index contributed by atoms with van der Waals surface area (Å²) < 4.78 is 25.7. The van der Waals surface area contributed by atoms with Gasteiger partial charge in [-0.1, -0.05) is 35.9 Å². The third-order valence-corrected chi connectivity index (χ3v) is 6.19. The normalized spacial score (nSPS) is 11.3. The Hall–Kier alpha value is -3.43. The summed E-state index contributed by atoms with van der Waals surface area (Å²) in [5, 5.41) is 4.56. The van der Waals surface area contributed by atoms with E-state index in [0.717, 1.165) is 4.68 Å². The molecule has 1 N–H and O–H groups in total. The number of ether oxygens (including phenoxy) is 2. The number of hydrogen-bond acceptors (Lipinski definition) is 5. The minimum Gasteiger partial charge on any atom is -0.493 e. The fraction of sp³-hybridized carbons (Fsp3) is 0.0870. The van der Waals surface area contributed by atoms with Crippen LogP contribution in [0.2, 0.25) is 5.02 Å². The molecule has 10 heteroatoms. The second kappa shape index (κ2) is 9.60. The number of aromatic amines is 1. The predicted molar refractivity (Wildman–Crippen MR) is 128 cm³/mol. The summed E-state index contributed by atoms with van der Waals surface area (Å²) in [6.45, 7) is 0.0651. The molecule has 0 bridgehead atoms. The van der Waals surface area contributed by atoms with Crippen LogP contribution in [0.25, 0.3) is 10.9 Å². The van der Waals surface area contributed by atoms with Crippen LogP contribution in [0, 0.1) is 5.82 Å². The molecule has 0 atom stereocenters.